The molecule has 1 aromatic heterocycles. The number of alkyl halides is 3. The standard InChI is InChI=1S/C26H24ClF3N4O3/c1-16(18-6-8-19(9-7-18)26(28,29)30)31-25-32-22-13-14-33(15-21(22)24(36)34(25)37-2)23(35)12-5-17-3-10-20(27)11-4-17/h3-12,16H,13-15H2,1-2H3,(H,31,32)/b12-5+. The Morgan fingerprint density at radius 1 is 1.16 bits per heavy atom. The number of carbonyl (C=O) groups excluding carboxylic acids is 1. The molecule has 0 bridgehead atoms. The van der Waals surface area contributed by atoms with Crippen molar-refractivity contribution in [1.29, 1.82) is 0 Å². The zero-order valence-corrected chi connectivity index (χ0v) is 20.8. The second kappa shape index (κ2) is 10.7. The van der Waals surface area contributed by atoms with Gasteiger partial charge in [0.2, 0.25) is 11.9 Å². The number of halogens is 4. The van der Waals surface area contributed by atoms with Gasteiger partial charge in [0.25, 0.3) is 5.56 Å². The minimum Gasteiger partial charge on any atom is -0.411 e. The Morgan fingerprint density at radius 2 is 1.84 bits per heavy atom. The number of aromatic nitrogens is 2. The van der Waals surface area contributed by atoms with Crippen molar-refractivity contribution in [3.05, 3.63) is 97.9 Å². The van der Waals surface area contributed by atoms with Crippen LogP contribution < -0.4 is 15.7 Å². The lowest BCUT2D eigenvalue weighted by molar-refractivity contribution is -0.137. The third-order valence-electron chi connectivity index (χ3n) is 6.06. The molecular weight excluding hydrogens is 509 g/mol. The zero-order chi connectivity index (χ0) is 26.7. The van der Waals surface area contributed by atoms with E-state index in [1.54, 1.807) is 42.2 Å². The van der Waals surface area contributed by atoms with Crippen molar-refractivity contribution in [2.45, 2.75) is 32.1 Å². The van der Waals surface area contributed by atoms with Gasteiger partial charge in [0.15, 0.2) is 0 Å². The number of amides is 1. The van der Waals surface area contributed by atoms with Gasteiger partial charge < -0.3 is 15.1 Å². The number of nitrogens with one attached hydrogen (secondary N) is 1. The van der Waals surface area contributed by atoms with Crippen molar-refractivity contribution in [3.8, 4) is 0 Å². The Balaban J connectivity index is 1.51. The summed E-state index contributed by atoms with van der Waals surface area (Å²) >= 11 is 5.89. The molecule has 1 unspecified atom stereocenters. The molecule has 4 rings (SSSR count). The molecular formula is C26H24ClF3N4O3. The summed E-state index contributed by atoms with van der Waals surface area (Å²) in [6, 6.07) is 11.3. The maximum absolute atomic E-state index is 13.2. The van der Waals surface area contributed by atoms with Gasteiger partial charge in [0.1, 0.15) is 7.11 Å². The van der Waals surface area contributed by atoms with E-state index in [1.165, 1.54) is 25.3 Å². The number of rotatable bonds is 6. The van der Waals surface area contributed by atoms with Crippen LogP contribution in [0.25, 0.3) is 6.08 Å². The van der Waals surface area contributed by atoms with Crippen molar-refractivity contribution < 1.29 is 22.8 Å². The molecule has 1 atom stereocenters. The average molecular weight is 533 g/mol. The van der Waals surface area contributed by atoms with Crippen LogP contribution in [0.15, 0.2) is 59.4 Å². The van der Waals surface area contributed by atoms with Gasteiger partial charge in [0, 0.05) is 24.1 Å². The second-order valence-electron chi connectivity index (χ2n) is 8.52. The number of carbonyl (C=O) groups is 1. The third kappa shape index (κ3) is 5.96. The molecule has 3 aromatic rings. The van der Waals surface area contributed by atoms with E-state index >= 15 is 0 Å². The van der Waals surface area contributed by atoms with E-state index in [1.807, 2.05) is 0 Å². The van der Waals surface area contributed by atoms with Crippen molar-refractivity contribution in [3.63, 3.8) is 0 Å². The highest BCUT2D eigenvalue weighted by molar-refractivity contribution is 6.30. The highest BCUT2D eigenvalue weighted by atomic mass is 35.5. The summed E-state index contributed by atoms with van der Waals surface area (Å²) in [7, 11) is 1.31. The first-order valence-electron chi connectivity index (χ1n) is 11.4. The molecule has 1 aliphatic rings. The first kappa shape index (κ1) is 26.3. The predicted octanol–water partition coefficient (Wildman–Crippen LogP) is 4.75. The molecule has 2 heterocycles. The molecule has 0 saturated carbocycles. The maximum atomic E-state index is 13.2. The monoisotopic (exact) mass is 532 g/mol. The topological polar surface area (TPSA) is 76.5 Å². The fourth-order valence-electron chi connectivity index (χ4n) is 3.99. The predicted molar refractivity (Wildman–Crippen MR) is 134 cm³/mol. The number of benzene rings is 2. The second-order valence-corrected chi connectivity index (χ2v) is 8.96. The van der Waals surface area contributed by atoms with E-state index < -0.39 is 23.3 Å². The van der Waals surface area contributed by atoms with Gasteiger partial charge in [0.05, 0.1) is 29.4 Å². The third-order valence-corrected chi connectivity index (χ3v) is 6.31. The maximum Gasteiger partial charge on any atom is 0.416 e. The van der Waals surface area contributed by atoms with E-state index in [2.05, 4.69) is 10.3 Å². The molecule has 0 radical (unpaired) electrons. The van der Waals surface area contributed by atoms with E-state index in [4.69, 9.17) is 16.4 Å². The molecule has 1 aliphatic heterocycles. The lowest BCUT2D eigenvalue weighted by atomic mass is 10.1. The van der Waals surface area contributed by atoms with Crippen LogP contribution in [-0.2, 0) is 23.9 Å². The molecule has 0 fully saturated rings. The van der Waals surface area contributed by atoms with E-state index in [-0.39, 0.29) is 18.4 Å². The van der Waals surface area contributed by atoms with Crippen molar-refractivity contribution >= 4 is 29.5 Å². The molecule has 37 heavy (non-hydrogen) atoms. The largest absolute Gasteiger partial charge is 0.416 e. The Hall–Kier alpha value is -3.79. The minimum absolute atomic E-state index is 0.0725. The zero-order valence-electron chi connectivity index (χ0n) is 20.1. The molecule has 0 saturated heterocycles. The molecule has 11 heteroatoms. The normalized spacial score (nSPS) is 14.4. The molecule has 0 aliphatic carbocycles. The number of anilines is 1. The molecule has 1 amide bonds. The molecule has 7 nitrogen and oxygen atoms in total. The molecule has 0 spiro atoms. The fraction of sp³-hybridized carbons (Fsp3) is 0.269. The number of hydrogen-bond acceptors (Lipinski definition) is 5. The van der Waals surface area contributed by atoms with Crippen LogP contribution in [0.3, 0.4) is 0 Å². The Labute approximate surface area is 216 Å². The summed E-state index contributed by atoms with van der Waals surface area (Å²) in [6.07, 6.45) is -0.945. The summed E-state index contributed by atoms with van der Waals surface area (Å²) in [5.41, 5.74) is 1.06. The SMILES string of the molecule is COn1c(NC(C)c2ccc(C(F)(F)F)cc2)nc2c(c1=O)CN(C(=O)/C=C/c1ccc(Cl)cc1)CC2. The van der Waals surface area contributed by atoms with Crippen LogP contribution in [0.1, 0.15) is 40.9 Å². The van der Waals surface area contributed by atoms with Crippen LogP contribution in [0.2, 0.25) is 5.02 Å². The Bertz CT molecular complexity index is 1370. The van der Waals surface area contributed by atoms with Crippen LogP contribution in [0.4, 0.5) is 19.1 Å². The summed E-state index contributed by atoms with van der Waals surface area (Å²) in [4.78, 5) is 37.3. The van der Waals surface area contributed by atoms with E-state index in [0.717, 1.165) is 22.4 Å². The quantitative estimate of drug-likeness (QED) is 0.464. The fourth-order valence-corrected chi connectivity index (χ4v) is 4.12. The van der Waals surface area contributed by atoms with E-state index in [0.29, 0.717) is 34.8 Å². The van der Waals surface area contributed by atoms with Gasteiger partial charge in [-0.25, -0.2) is 4.98 Å². The number of fused-ring (bicyclic) bond motifs is 1. The first-order valence-corrected chi connectivity index (χ1v) is 11.8. The summed E-state index contributed by atoms with van der Waals surface area (Å²) < 4.78 is 39.6. The first-order chi connectivity index (χ1) is 17.6. The van der Waals surface area contributed by atoms with Gasteiger partial charge in [-0.15, -0.1) is 4.73 Å². The summed E-state index contributed by atoms with van der Waals surface area (Å²) in [5.74, 6) is -0.122. The average Bonchev–Trinajstić information content (AvgIpc) is 2.88. The lowest BCUT2D eigenvalue weighted by Gasteiger charge is -2.28. The Kier molecular flexibility index (Phi) is 7.58. The highest BCUT2D eigenvalue weighted by Crippen LogP contribution is 2.30. The molecule has 1 N–H and O–H groups in total. The summed E-state index contributed by atoms with van der Waals surface area (Å²) in [6.45, 7) is 2.18. The van der Waals surface area contributed by atoms with Gasteiger partial charge in [-0.3, -0.25) is 9.59 Å². The molecule has 194 valence electrons. The van der Waals surface area contributed by atoms with Crippen LogP contribution in [0.5, 0.6) is 0 Å². The lowest BCUT2D eigenvalue weighted by Crippen LogP contribution is -2.42. The van der Waals surface area contributed by atoms with Crippen LogP contribution in [0, 0.1) is 0 Å². The van der Waals surface area contributed by atoms with Crippen LogP contribution >= 0.6 is 11.6 Å². The molecule has 2 aromatic carbocycles. The van der Waals surface area contributed by atoms with E-state index in [9.17, 15) is 22.8 Å². The Morgan fingerprint density at radius 3 is 2.46 bits per heavy atom. The van der Waals surface area contributed by atoms with Gasteiger partial charge in [-0.1, -0.05) is 35.9 Å². The number of nitrogens with zero attached hydrogens (tertiary/aromatic N) is 3. The smallest absolute Gasteiger partial charge is 0.411 e. The highest BCUT2D eigenvalue weighted by Gasteiger charge is 2.30. The van der Waals surface area contributed by atoms with Crippen molar-refractivity contribution in [2.75, 3.05) is 19.0 Å². The minimum atomic E-state index is -4.42. The van der Waals surface area contributed by atoms with Crippen LogP contribution in [-0.4, -0.2) is 34.2 Å². The van der Waals surface area contributed by atoms with Crippen molar-refractivity contribution in [1.82, 2.24) is 14.6 Å². The van der Waals surface area contributed by atoms with Gasteiger partial charge in [-0.05, 0) is 48.4 Å². The summed E-state index contributed by atoms with van der Waals surface area (Å²) in [5, 5.41) is 3.65. The van der Waals surface area contributed by atoms with Gasteiger partial charge in [-0.2, -0.15) is 13.2 Å². The van der Waals surface area contributed by atoms with Crippen molar-refractivity contribution in [2.24, 2.45) is 0 Å². The number of hydrogen-bond donors (Lipinski definition) is 1. The van der Waals surface area contributed by atoms with Gasteiger partial charge >= 0.3 is 6.18 Å².